The Morgan fingerprint density at radius 2 is 1.88 bits per heavy atom. The molecule has 3 aliphatic rings. The third kappa shape index (κ3) is 1.21. The van der Waals surface area contributed by atoms with Gasteiger partial charge >= 0.3 is 0 Å². The minimum atomic E-state index is 0.955. The van der Waals surface area contributed by atoms with Crippen molar-refractivity contribution in [3.63, 3.8) is 0 Å². The van der Waals surface area contributed by atoms with Crippen molar-refractivity contribution in [3.8, 4) is 0 Å². The molecule has 1 heterocycles. The summed E-state index contributed by atoms with van der Waals surface area (Å²) in [5, 5.41) is 0. The molecule has 0 spiro atoms. The molecule has 3 fully saturated rings. The molecular formula is C15H27N. The van der Waals surface area contributed by atoms with Crippen molar-refractivity contribution in [2.45, 2.75) is 46.1 Å². The lowest BCUT2D eigenvalue weighted by Gasteiger charge is -2.39. The standard InChI is InChI=1S/C15H27N/c1-5-10-8-16(4)15-13-7-12(14(10)15)9(3)11(13)6-2/h9-15H,5-8H2,1-4H3. The van der Waals surface area contributed by atoms with Crippen molar-refractivity contribution in [2.24, 2.45) is 35.5 Å². The summed E-state index contributed by atoms with van der Waals surface area (Å²) < 4.78 is 0. The normalized spacial score (nSPS) is 55.9. The van der Waals surface area contributed by atoms with E-state index >= 15 is 0 Å². The molecule has 2 saturated carbocycles. The van der Waals surface area contributed by atoms with Crippen LogP contribution in [0.2, 0.25) is 0 Å². The first-order valence-electron chi connectivity index (χ1n) is 7.39. The van der Waals surface area contributed by atoms with Gasteiger partial charge in [0.25, 0.3) is 0 Å². The van der Waals surface area contributed by atoms with E-state index in [1.54, 1.807) is 6.42 Å². The van der Waals surface area contributed by atoms with Crippen LogP contribution in [0.15, 0.2) is 0 Å². The van der Waals surface area contributed by atoms with Gasteiger partial charge in [0.05, 0.1) is 0 Å². The van der Waals surface area contributed by atoms with Crippen LogP contribution < -0.4 is 0 Å². The summed E-state index contributed by atoms with van der Waals surface area (Å²) >= 11 is 0. The van der Waals surface area contributed by atoms with Crippen LogP contribution >= 0.6 is 0 Å². The topological polar surface area (TPSA) is 3.24 Å². The Bertz CT molecular complexity index is 275. The number of hydrogen-bond donors (Lipinski definition) is 0. The van der Waals surface area contributed by atoms with E-state index in [9.17, 15) is 0 Å². The molecular weight excluding hydrogens is 194 g/mol. The number of fused-ring (bicyclic) bond motifs is 5. The molecule has 0 aromatic carbocycles. The Balaban J connectivity index is 1.89. The number of likely N-dealkylation sites (tertiary alicyclic amines) is 1. The van der Waals surface area contributed by atoms with Crippen LogP contribution in [-0.2, 0) is 0 Å². The van der Waals surface area contributed by atoms with Gasteiger partial charge < -0.3 is 4.90 Å². The highest BCUT2D eigenvalue weighted by Crippen LogP contribution is 2.61. The van der Waals surface area contributed by atoms with Gasteiger partial charge in [-0.25, -0.2) is 0 Å². The fraction of sp³-hybridized carbons (Fsp3) is 1.00. The summed E-state index contributed by atoms with van der Waals surface area (Å²) in [6, 6.07) is 0.955. The van der Waals surface area contributed by atoms with E-state index in [1.807, 2.05) is 0 Å². The molecule has 0 radical (unpaired) electrons. The van der Waals surface area contributed by atoms with Gasteiger partial charge in [0.15, 0.2) is 0 Å². The molecule has 1 aliphatic heterocycles. The maximum atomic E-state index is 2.71. The van der Waals surface area contributed by atoms with Crippen LogP contribution in [0.1, 0.15) is 40.0 Å². The summed E-state index contributed by atoms with van der Waals surface area (Å²) in [5.41, 5.74) is 0. The highest BCUT2D eigenvalue weighted by atomic mass is 15.2. The van der Waals surface area contributed by atoms with Crippen LogP contribution in [0.4, 0.5) is 0 Å². The molecule has 16 heavy (non-hydrogen) atoms. The van der Waals surface area contributed by atoms with Crippen molar-refractivity contribution in [1.29, 1.82) is 0 Å². The number of rotatable bonds is 2. The maximum Gasteiger partial charge on any atom is 0.0158 e. The zero-order chi connectivity index (χ0) is 11.4. The zero-order valence-electron chi connectivity index (χ0n) is 11.3. The van der Waals surface area contributed by atoms with Crippen LogP contribution in [0, 0.1) is 35.5 Å². The van der Waals surface area contributed by atoms with Crippen molar-refractivity contribution < 1.29 is 0 Å². The van der Waals surface area contributed by atoms with E-state index in [1.165, 1.54) is 19.4 Å². The first-order chi connectivity index (χ1) is 7.69. The average molecular weight is 221 g/mol. The maximum absolute atomic E-state index is 2.71. The molecule has 1 saturated heterocycles. The van der Waals surface area contributed by atoms with Gasteiger partial charge in [-0.3, -0.25) is 0 Å². The summed E-state index contributed by atoms with van der Waals surface area (Å²) in [6.07, 6.45) is 4.37. The van der Waals surface area contributed by atoms with E-state index in [0.29, 0.717) is 0 Å². The minimum Gasteiger partial charge on any atom is -0.303 e. The fourth-order valence-corrected chi connectivity index (χ4v) is 5.79. The molecule has 0 aromatic heterocycles. The predicted octanol–water partition coefficient (Wildman–Crippen LogP) is 3.25. The quantitative estimate of drug-likeness (QED) is 0.692. The number of hydrogen-bond acceptors (Lipinski definition) is 1. The van der Waals surface area contributed by atoms with Gasteiger partial charge in [-0.1, -0.05) is 33.6 Å². The summed E-state index contributed by atoms with van der Waals surface area (Å²) in [5.74, 6) is 6.20. The highest BCUT2D eigenvalue weighted by Gasteiger charge is 2.60. The van der Waals surface area contributed by atoms with Crippen molar-refractivity contribution in [1.82, 2.24) is 4.90 Å². The van der Waals surface area contributed by atoms with Gasteiger partial charge in [0.2, 0.25) is 0 Å². The van der Waals surface area contributed by atoms with E-state index in [2.05, 4.69) is 32.7 Å². The smallest absolute Gasteiger partial charge is 0.0158 e. The zero-order valence-corrected chi connectivity index (χ0v) is 11.3. The Morgan fingerprint density at radius 3 is 2.50 bits per heavy atom. The second kappa shape index (κ2) is 3.73. The van der Waals surface area contributed by atoms with E-state index < -0.39 is 0 Å². The molecule has 2 aliphatic carbocycles. The monoisotopic (exact) mass is 221 g/mol. The summed E-state index contributed by atoms with van der Waals surface area (Å²) in [6.45, 7) is 8.72. The Hall–Kier alpha value is -0.0400. The third-order valence-electron chi connectivity index (χ3n) is 6.34. The van der Waals surface area contributed by atoms with Gasteiger partial charge in [0.1, 0.15) is 0 Å². The highest BCUT2D eigenvalue weighted by molar-refractivity contribution is 5.11. The molecule has 92 valence electrons. The molecule has 7 unspecified atom stereocenters. The van der Waals surface area contributed by atoms with Gasteiger partial charge in [-0.05, 0) is 49.0 Å². The first kappa shape index (κ1) is 11.1. The molecule has 0 aromatic rings. The molecule has 2 bridgehead atoms. The largest absolute Gasteiger partial charge is 0.303 e. The molecule has 1 nitrogen and oxygen atoms in total. The van der Waals surface area contributed by atoms with Crippen LogP contribution in [-0.4, -0.2) is 24.5 Å². The van der Waals surface area contributed by atoms with Gasteiger partial charge in [-0.2, -0.15) is 0 Å². The Labute approximate surface area is 101 Å². The van der Waals surface area contributed by atoms with Gasteiger partial charge in [0, 0.05) is 12.6 Å². The molecule has 0 amide bonds. The molecule has 7 atom stereocenters. The summed E-state index contributed by atoms with van der Waals surface area (Å²) in [4.78, 5) is 2.71. The van der Waals surface area contributed by atoms with Crippen molar-refractivity contribution >= 4 is 0 Å². The lowest BCUT2D eigenvalue weighted by Crippen LogP contribution is -2.41. The third-order valence-corrected chi connectivity index (χ3v) is 6.34. The fourth-order valence-electron chi connectivity index (χ4n) is 5.79. The van der Waals surface area contributed by atoms with Gasteiger partial charge in [-0.15, -0.1) is 0 Å². The molecule has 3 rings (SSSR count). The van der Waals surface area contributed by atoms with E-state index in [-0.39, 0.29) is 0 Å². The number of nitrogens with zero attached hydrogens (tertiary/aromatic N) is 1. The first-order valence-corrected chi connectivity index (χ1v) is 7.39. The lowest BCUT2D eigenvalue weighted by molar-refractivity contribution is 0.0969. The van der Waals surface area contributed by atoms with E-state index in [0.717, 1.165) is 41.5 Å². The predicted molar refractivity (Wildman–Crippen MR) is 68.2 cm³/mol. The minimum absolute atomic E-state index is 0.955. The van der Waals surface area contributed by atoms with Crippen LogP contribution in [0.25, 0.3) is 0 Å². The SMILES string of the molecule is CCC1CN(C)C2C3CC(C(C)C3CC)C12. The Kier molecular flexibility index (Phi) is 2.58. The van der Waals surface area contributed by atoms with E-state index in [4.69, 9.17) is 0 Å². The lowest BCUT2D eigenvalue weighted by atomic mass is 9.68. The van der Waals surface area contributed by atoms with Crippen molar-refractivity contribution in [3.05, 3.63) is 0 Å². The van der Waals surface area contributed by atoms with Crippen molar-refractivity contribution in [2.75, 3.05) is 13.6 Å². The second-order valence-electron chi connectivity index (χ2n) is 6.67. The Morgan fingerprint density at radius 1 is 1.12 bits per heavy atom. The molecule has 1 heteroatoms. The summed E-state index contributed by atoms with van der Waals surface area (Å²) in [7, 11) is 2.38. The van der Waals surface area contributed by atoms with Crippen LogP contribution in [0.3, 0.4) is 0 Å². The molecule has 0 N–H and O–H groups in total. The second-order valence-corrected chi connectivity index (χ2v) is 6.67. The average Bonchev–Trinajstić information content (AvgIpc) is 2.88. The van der Waals surface area contributed by atoms with Crippen LogP contribution in [0.5, 0.6) is 0 Å².